The Hall–Kier alpha value is -0.610. The van der Waals surface area contributed by atoms with Crippen molar-refractivity contribution in [3.63, 3.8) is 0 Å². The van der Waals surface area contributed by atoms with Gasteiger partial charge in [0.2, 0.25) is 0 Å². The summed E-state index contributed by atoms with van der Waals surface area (Å²) in [7, 11) is -4.54. The van der Waals surface area contributed by atoms with Gasteiger partial charge in [0, 0.05) is 13.1 Å². The zero-order chi connectivity index (χ0) is 14.0. The van der Waals surface area contributed by atoms with Crippen LogP contribution < -0.4 is 5.73 Å². The van der Waals surface area contributed by atoms with Gasteiger partial charge < -0.3 is 10.9 Å². The van der Waals surface area contributed by atoms with E-state index in [1.807, 2.05) is 0 Å². The molecule has 0 spiro atoms. The Bertz CT molecular complexity index is 419. The number of alkyl halides is 2. The van der Waals surface area contributed by atoms with Gasteiger partial charge in [-0.25, -0.2) is 8.42 Å². The van der Waals surface area contributed by atoms with Crippen LogP contribution in [-0.4, -0.2) is 53.6 Å². The summed E-state index contributed by atoms with van der Waals surface area (Å²) in [6.45, 7) is -0.131. The number of piperidine rings is 1. The molecule has 0 amide bonds. The number of hydrogen-bond acceptors (Lipinski definition) is 5. The number of sulfonamides is 1. The van der Waals surface area contributed by atoms with E-state index in [0.29, 0.717) is 0 Å². The highest BCUT2D eigenvalue weighted by Crippen LogP contribution is 2.36. The predicted octanol–water partition coefficient (Wildman–Crippen LogP) is 0.483. The Morgan fingerprint density at radius 2 is 2.00 bits per heavy atom. The van der Waals surface area contributed by atoms with Crippen LogP contribution in [0.1, 0.15) is 12.8 Å². The van der Waals surface area contributed by atoms with E-state index < -0.39 is 20.5 Å². The van der Waals surface area contributed by atoms with Crippen molar-refractivity contribution in [3.8, 4) is 0 Å². The molecule has 6 nitrogen and oxygen atoms in total. The Morgan fingerprint density at radius 3 is 2.33 bits per heavy atom. The molecular weight excluding hydrogens is 288 g/mol. The standard InChI is InChI=1S/C8H15F2N3O3S2/c1-17-8(6(11)12-14)2-4-13(5-3-8)18(15,16)7(9)10/h7,14H,2-5H2,1H3,(H2,11,12). The van der Waals surface area contributed by atoms with Gasteiger partial charge in [0.25, 0.3) is 10.0 Å². The van der Waals surface area contributed by atoms with Crippen molar-refractivity contribution >= 4 is 27.6 Å². The number of nitrogens with zero attached hydrogens (tertiary/aromatic N) is 2. The molecule has 0 radical (unpaired) electrons. The van der Waals surface area contributed by atoms with Crippen LogP contribution in [0.15, 0.2) is 5.16 Å². The number of amidine groups is 1. The fraction of sp³-hybridized carbons (Fsp3) is 0.875. The topological polar surface area (TPSA) is 96.0 Å². The second-order valence-corrected chi connectivity index (χ2v) is 6.98. The monoisotopic (exact) mass is 303 g/mol. The molecule has 106 valence electrons. The molecule has 0 bridgehead atoms. The molecule has 1 fully saturated rings. The largest absolute Gasteiger partial charge is 0.409 e. The van der Waals surface area contributed by atoms with E-state index in [-0.39, 0.29) is 31.8 Å². The van der Waals surface area contributed by atoms with Crippen molar-refractivity contribution in [3.05, 3.63) is 0 Å². The first-order chi connectivity index (χ1) is 8.30. The van der Waals surface area contributed by atoms with Crippen LogP contribution in [0.25, 0.3) is 0 Å². The van der Waals surface area contributed by atoms with Gasteiger partial charge in [0.15, 0.2) is 5.84 Å². The third-order valence-electron chi connectivity index (χ3n) is 3.08. The van der Waals surface area contributed by atoms with Gasteiger partial charge in [-0.3, -0.25) is 0 Å². The van der Waals surface area contributed by atoms with Crippen LogP contribution >= 0.6 is 11.8 Å². The molecule has 1 saturated heterocycles. The number of thioether (sulfide) groups is 1. The molecule has 0 atom stereocenters. The van der Waals surface area contributed by atoms with E-state index in [1.54, 1.807) is 6.26 Å². The Kier molecular flexibility index (Phi) is 4.78. The van der Waals surface area contributed by atoms with Crippen LogP contribution in [0, 0.1) is 0 Å². The minimum absolute atomic E-state index is 0.0101. The SMILES string of the molecule is CSC1(C(N)=NO)CCN(S(=O)(=O)C(F)F)CC1. The van der Waals surface area contributed by atoms with Crippen LogP contribution in [0.3, 0.4) is 0 Å². The van der Waals surface area contributed by atoms with Crippen molar-refractivity contribution in [2.24, 2.45) is 10.9 Å². The molecule has 1 heterocycles. The summed E-state index contributed by atoms with van der Waals surface area (Å²) in [5.74, 6) is -3.42. The molecule has 10 heteroatoms. The van der Waals surface area contributed by atoms with Gasteiger partial charge in [-0.05, 0) is 19.1 Å². The summed E-state index contributed by atoms with van der Waals surface area (Å²) in [6, 6.07) is 0. The first kappa shape index (κ1) is 15.4. The average molecular weight is 303 g/mol. The molecule has 3 N–H and O–H groups in total. The number of oxime groups is 1. The van der Waals surface area contributed by atoms with E-state index in [1.165, 1.54) is 11.8 Å². The number of nitrogens with two attached hydrogens (primary N) is 1. The van der Waals surface area contributed by atoms with Crippen LogP contribution in [-0.2, 0) is 10.0 Å². The molecule has 0 aromatic carbocycles. The maximum Gasteiger partial charge on any atom is 0.350 e. The normalized spacial score (nSPS) is 22.3. The lowest BCUT2D eigenvalue weighted by molar-refractivity contribution is 0.211. The third kappa shape index (κ3) is 2.69. The molecule has 0 aromatic heterocycles. The fourth-order valence-corrected chi connectivity index (χ4v) is 3.63. The maximum absolute atomic E-state index is 12.4. The molecule has 1 rings (SSSR count). The fourth-order valence-electron chi connectivity index (χ4n) is 1.87. The summed E-state index contributed by atoms with van der Waals surface area (Å²) < 4.78 is 47.4. The minimum Gasteiger partial charge on any atom is -0.409 e. The Labute approximate surface area is 108 Å². The maximum atomic E-state index is 12.4. The summed E-state index contributed by atoms with van der Waals surface area (Å²) in [4.78, 5) is 0. The zero-order valence-corrected chi connectivity index (χ0v) is 11.3. The van der Waals surface area contributed by atoms with Crippen molar-refractivity contribution < 1.29 is 22.4 Å². The van der Waals surface area contributed by atoms with Crippen molar-refractivity contribution in [2.75, 3.05) is 19.3 Å². The smallest absolute Gasteiger partial charge is 0.350 e. The van der Waals surface area contributed by atoms with Crippen LogP contribution in [0.4, 0.5) is 8.78 Å². The second-order valence-electron chi connectivity index (χ2n) is 3.89. The summed E-state index contributed by atoms with van der Waals surface area (Å²) in [5, 5.41) is 11.6. The van der Waals surface area contributed by atoms with Crippen LogP contribution in [0.5, 0.6) is 0 Å². The average Bonchev–Trinajstić information content (AvgIpc) is 2.37. The van der Waals surface area contributed by atoms with Gasteiger partial charge in [0.05, 0.1) is 4.75 Å². The quantitative estimate of drug-likeness (QED) is 0.341. The minimum atomic E-state index is -4.54. The lowest BCUT2D eigenvalue weighted by Gasteiger charge is -2.38. The van der Waals surface area contributed by atoms with Gasteiger partial charge in [0.1, 0.15) is 0 Å². The highest BCUT2D eigenvalue weighted by molar-refractivity contribution is 8.00. The molecule has 0 unspecified atom stereocenters. The summed E-state index contributed by atoms with van der Waals surface area (Å²) in [5.41, 5.74) is 5.57. The zero-order valence-electron chi connectivity index (χ0n) is 9.71. The van der Waals surface area contributed by atoms with Crippen LogP contribution in [0.2, 0.25) is 0 Å². The van der Waals surface area contributed by atoms with E-state index >= 15 is 0 Å². The first-order valence-corrected chi connectivity index (χ1v) is 7.83. The molecule has 0 aromatic rings. The predicted molar refractivity (Wildman–Crippen MR) is 65.4 cm³/mol. The van der Waals surface area contributed by atoms with Gasteiger partial charge in [-0.2, -0.15) is 24.8 Å². The molecule has 1 aliphatic rings. The molecule has 0 saturated carbocycles. The van der Waals surface area contributed by atoms with E-state index in [4.69, 9.17) is 10.9 Å². The highest BCUT2D eigenvalue weighted by atomic mass is 32.2. The highest BCUT2D eigenvalue weighted by Gasteiger charge is 2.43. The summed E-state index contributed by atoms with van der Waals surface area (Å²) in [6.07, 6.45) is 2.21. The third-order valence-corrected chi connectivity index (χ3v) is 6.01. The number of hydrogen-bond donors (Lipinski definition) is 2. The van der Waals surface area contributed by atoms with Crippen molar-refractivity contribution in [1.29, 1.82) is 0 Å². The first-order valence-electron chi connectivity index (χ1n) is 5.10. The summed E-state index contributed by atoms with van der Waals surface area (Å²) >= 11 is 1.32. The molecule has 18 heavy (non-hydrogen) atoms. The lowest BCUT2D eigenvalue weighted by Crippen LogP contribution is -2.52. The Morgan fingerprint density at radius 1 is 1.50 bits per heavy atom. The van der Waals surface area contributed by atoms with Gasteiger partial charge in [-0.1, -0.05) is 5.16 Å². The van der Waals surface area contributed by atoms with Crippen molar-refractivity contribution in [2.45, 2.75) is 23.3 Å². The van der Waals surface area contributed by atoms with E-state index in [0.717, 1.165) is 4.31 Å². The molecular formula is C8H15F2N3O3S2. The van der Waals surface area contributed by atoms with Crippen molar-refractivity contribution in [1.82, 2.24) is 4.31 Å². The van der Waals surface area contributed by atoms with Gasteiger partial charge >= 0.3 is 5.76 Å². The second kappa shape index (κ2) is 5.57. The van der Waals surface area contributed by atoms with E-state index in [2.05, 4.69) is 5.16 Å². The number of rotatable bonds is 4. The van der Waals surface area contributed by atoms with E-state index in [9.17, 15) is 17.2 Å². The lowest BCUT2D eigenvalue weighted by atomic mass is 9.96. The number of halogens is 2. The molecule has 0 aliphatic carbocycles. The van der Waals surface area contributed by atoms with Gasteiger partial charge in [-0.15, -0.1) is 0 Å². The Balaban J connectivity index is 2.83. The molecule has 1 aliphatic heterocycles.